The van der Waals surface area contributed by atoms with Gasteiger partial charge in [0.1, 0.15) is 17.0 Å². The van der Waals surface area contributed by atoms with E-state index in [1.165, 1.54) is 15.8 Å². The van der Waals surface area contributed by atoms with Crippen molar-refractivity contribution in [2.75, 3.05) is 11.4 Å². The number of anilines is 1. The number of hydrogen-bond donors (Lipinski definition) is 1. The van der Waals surface area contributed by atoms with Crippen molar-refractivity contribution in [2.24, 2.45) is 0 Å². The van der Waals surface area contributed by atoms with E-state index in [9.17, 15) is 4.79 Å². The fourth-order valence-corrected chi connectivity index (χ4v) is 4.69. The smallest absolute Gasteiger partial charge is 0.303 e. The number of fused-ring (bicyclic) bond motifs is 2. The molecular weight excluding hydrogens is 350 g/mol. The van der Waals surface area contributed by atoms with Crippen molar-refractivity contribution >= 4 is 33.3 Å². The van der Waals surface area contributed by atoms with E-state index in [1.807, 2.05) is 10.7 Å². The van der Waals surface area contributed by atoms with Crippen LogP contribution in [0.25, 0.3) is 10.2 Å². The molecule has 3 aromatic heterocycles. The van der Waals surface area contributed by atoms with Crippen LogP contribution in [0.3, 0.4) is 0 Å². The highest BCUT2D eigenvalue weighted by atomic mass is 32.1. The lowest BCUT2D eigenvalue weighted by Crippen LogP contribution is -2.34. The molecule has 0 fully saturated rings. The van der Waals surface area contributed by atoms with Gasteiger partial charge in [0.05, 0.1) is 36.3 Å². The number of hydrogen-bond acceptors (Lipinski definition) is 6. The topological polar surface area (TPSA) is 84.1 Å². The number of thiophene rings is 1. The van der Waals surface area contributed by atoms with Crippen molar-refractivity contribution in [3.8, 4) is 0 Å². The molecule has 26 heavy (non-hydrogen) atoms. The Kier molecular flexibility index (Phi) is 4.36. The highest BCUT2D eigenvalue weighted by Gasteiger charge is 2.23. The van der Waals surface area contributed by atoms with Crippen molar-refractivity contribution in [3.63, 3.8) is 0 Å². The number of aromatic nitrogens is 4. The Labute approximate surface area is 155 Å². The predicted molar refractivity (Wildman–Crippen MR) is 101 cm³/mol. The minimum absolute atomic E-state index is 0.112. The van der Waals surface area contributed by atoms with E-state index in [-0.39, 0.29) is 6.42 Å². The van der Waals surface area contributed by atoms with Crippen LogP contribution in [0.15, 0.2) is 12.4 Å². The summed E-state index contributed by atoms with van der Waals surface area (Å²) in [6.07, 6.45) is 3.20. The molecular formula is C18H21N5O2S. The Balaban J connectivity index is 1.65. The van der Waals surface area contributed by atoms with Crippen LogP contribution < -0.4 is 4.90 Å². The van der Waals surface area contributed by atoms with Crippen LogP contribution in [0, 0.1) is 6.92 Å². The van der Waals surface area contributed by atoms with Gasteiger partial charge in [-0.05, 0) is 25.0 Å². The van der Waals surface area contributed by atoms with Gasteiger partial charge in [-0.15, -0.1) is 11.3 Å². The normalized spacial score (nSPS) is 14.0. The standard InChI is InChI=1S/C18H21N5O2S/c1-3-14-11(2)26-18-16(14)17(19-10-20-18)22-6-7-23-13(9-22)8-12(21-23)4-5-15(24)25/h8,10H,3-7,9H2,1-2H3,(H,24,25). The van der Waals surface area contributed by atoms with E-state index in [0.29, 0.717) is 6.42 Å². The summed E-state index contributed by atoms with van der Waals surface area (Å²) in [6.45, 7) is 6.65. The van der Waals surface area contributed by atoms with Gasteiger partial charge < -0.3 is 10.0 Å². The van der Waals surface area contributed by atoms with Crippen LogP contribution >= 0.6 is 11.3 Å². The van der Waals surface area contributed by atoms with Crippen LogP contribution in [0.2, 0.25) is 0 Å². The summed E-state index contributed by atoms with van der Waals surface area (Å²) in [6, 6.07) is 2.02. The third-order valence-electron chi connectivity index (χ3n) is 4.87. The molecule has 0 aliphatic carbocycles. The first-order valence-electron chi connectivity index (χ1n) is 8.82. The molecule has 0 unspecified atom stereocenters. The predicted octanol–water partition coefficient (Wildman–Crippen LogP) is 2.80. The van der Waals surface area contributed by atoms with Crippen molar-refractivity contribution in [3.05, 3.63) is 34.2 Å². The molecule has 1 aliphatic heterocycles. The van der Waals surface area contributed by atoms with Crippen molar-refractivity contribution in [2.45, 2.75) is 46.2 Å². The summed E-state index contributed by atoms with van der Waals surface area (Å²) in [4.78, 5) is 24.5. The van der Waals surface area contributed by atoms with Gasteiger partial charge in [-0.25, -0.2) is 9.97 Å². The molecule has 0 saturated carbocycles. The molecule has 0 amide bonds. The summed E-state index contributed by atoms with van der Waals surface area (Å²) in [7, 11) is 0. The molecule has 0 radical (unpaired) electrons. The molecule has 1 aliphatic rings. The second kappa shape index (κ2) is 6.68. The third kappa shape index (κ3) is 2.94. The van der Waals surface area contributed by atoms with E-state index >= 15 is 0 Å². The van der Waals surface area contributed by atoms with E-state index in [4.69, 9.17) is 5.11 Å². The highest BCUT2D eigenvalue weighted by molar-refractivity contribution is 7.18. The minimum atomic E-state index is -0.791. The lowest BCUT2D eigenvalue weighted by atomic mass is 10.1. The van der Waals surface area contributed by atoms with Crippen LogP contribution in [0.5, 0.6) is 0 Å². The zero-order valence-corrected chi connectivity index (χ0v) is 15.7. The maximum Gasteiger partial charge on any atom is 0.303 e. The molecule has 0 atom stereocenters. The van der Waals surface area contributed by atoms with E-state index in [0.717, 1.165) is 48.1 Å². The van der Waals surface area contributed by atoms with Gasteiger partial charge in [0.15, 0.2) is 0 Å². The molecule has 0 bridgehead atoms. The second-order valence-corrected chi connectivity index (χ2v) is 7.74. The van der Waals surface area contributed by atoms with E-state index in [2.05, 4.69) is 33.8 Å². The maximum atomic E-state index is 10.8. The number of carboxylic acids is 1. The van der Waals surface area contributed by atoms with Crippen LogP contribution in [0.4, 0.5) is 5.82 Å². The highest BCUT2D eigenvalue weighted by Crippen LogP contribution is 2.36. The SMILES string of the molecule is CCc1c(C)sc2ncnc(N3CCn4nc(CCC(=O)O)cc4C3)c12. The summed E-state index contributed by atoms with van der Waals surface area (Å²) >= 11 is 1.73. The van der Waals surface area contributed by atoms with Gasteiger partial charge in [0, 0.05) is 17.8 Å². The molecule has 1 N–H and O–H groups in total. The molecule has 3 aromatic rings. The number of carbonyl (C=O) groups is 1. The first-order chi connectivity index (χ1) is 12.6. The number of carboxylic acid groups (broad SMARTS) is 1. The first kappa shape index (κ1) is 17.0. The lowest BCUT2D eigenvalue weighted by Gasteiger charge is -2.29. The molecule has 4 heterocycles. The van der Waals surface area contributed by atoms with E-state index in [1.54, 1.807) is 17.7 Å². The summed E-state index contributed by atoms with van der Waals surface area (Å²) in [5.41, 5.74) is 3.29. The quantitative estimate of drug-likeness (QED) is 0.742. The van der Waals surface area contributed by atoms with Crippen LogP contribution in [-0.4, -0.2) is 37.4 Å². The van der Waals surface area contributed by atoms with Gasteiger partial charge in [-0.2, -0.15) is 5.10 Å². The number of aryl methyl sites for hydroxylation is 3. The third-order valence-corrected chi connectivity index (χ3v) is 5.92. The number of rotatable bonds is 5. The fourth-order valence-electron chi connectivity index (χ4n) is 3.61. The molecule has 7 nitrogen and oxygen atoms in total. The second-order valence-electron chi connectivity index (χ2n) is 6.53. The van der Waals surface area contributed by atoms with Gasteiger partial charge in [-0.3, -0.25) is 9.48 Å². The average Bonchev–Trinajstić information content (AvgIpc) is 3.18. The molecule has 0 saturated heterocycles. The first-order valence-corrected chi connectivity index (χ1v) is 9.63. The van der Waals surface area contributed by atoms with Gasteiger partial charge >= 0.3 is 5.97 Å². The van der Waals surface area contributed by atoms with Gasteiger partial charge in [0.25, 0.3) is 0 Å². The van der Waals surface area contributed by atoms with Crippen molar-refractivity contribution in [1.82, 2.24) is 19.7 Å². The minimum Gasteiger partial charge on any atom is -0.481 e. The zero-order valence-electron chi connectivity index (χ0n) is 14.9. The number of nitrogens with zero attached hydrogens (tertiary/aromatic N) is 5. The van der Waals surface area contributed by atoms with Crippen LogP contribution in [-0.2, 0) is 30.7 Å². The number of aliphatic carboxylic acids is 1. The van der Waals surface area contributed by atoms with Crippen LogP contribution in [0.1, 0.15) is 35.2 Å². The summed E-state index contributed by atoms with van der Waals surface area (Å²) < 4.78 is 1.99. The van der Waals surface area contributed by atoms with Crippen molar-refractivity contribution < 1.29 is 9.90 Å². The zero-order chi connectivity index (χ0) is 18.3. The monoisotopic (exact) mass is 371 g/mol. The molecule has 0 spiro atoms. The Morgan fingerprint density at radius 1 is 1.35 bits per heavy atom. The maximum absolute atomic E-state index is 10.8. The largest absolute Gasteiger partial charge is 0.481 e. The molecule has 4 rings (SSSR count). The Morgan fingerprint density at radius 2 is 2.19 bits per heavy atom. The fraction of sp³-hybridized carbons (Fsp3) is 0.444. The summed E-state index contributed by atoms with van der Waals surface area (Å²) in [5.74, 6) is 0.205. The Bertz CT molecular complexity index is 978. The Hall–Kier alpha value is -2.48. The van der Waals surface area contributed by atoms with Gasteiger partial charge in [0.2, 0.25) is 0 Å². The summed E-state index contributed by atoms with van der Waals surface area (Å²) in [5, 5.41) is 14.6. The molecule has 8 heteroatoms. The lowest BCUT2D eigenvalue weighted by molar-refractivity contribution is -0.136. The molecule has 0 aromatic carbocycles. The molecule has 136 valence electrons. The van der Waals surface area contributed by atoms with Crippen molar-refractivity contribution in [1.29, 1.82) is 0 Å². The Morgan fingerprint density at radius 3 is 2.96 bits per heavy atom. The van der Waals surface area contributed by atoms with Gasteiger partial charge in [-0.1, -0.05) is 6.92 Å². The average molecular weight is 371 g/mol. The van der Waals surface area contributed by atoms with E-state index < -0.39 is 5.97 Å².